The van der Waals surface area contributed by atoms with Gasteiger partial charge in [0.05, 0.1) is 16.6 Å². The molecule has 3 N–H and O–H groups in total. The first-order chi connectivity index (χ1) is 14.5. The molecule has 0 saturated carbocycles. The molecule has 0 amide bonds. The lowest BCUT2D eigenvalue weighted by Gasteiger charge is -2.27. The van der Waals surface area contributed by atoms with Gasteiger partial charge in [-0.2, -0.15) is 5.26 Å². The molecule has 148 valence electrons. The monoisotopic (exact) mass is 435 g/mol. The number of benzene rings is 3. The molecule has 0 spiro atoms. The highest BCUT2D eigenvalue weighted by Gasteiger charge is 2.31. The molecular formula is C23H15Cl2N3O2. The van der Waals surface area contributed by atoms with E-state index >= 15 is 0 Å². The lowest BCUT2D eigenvalue weighted by Crippen LogP contribution is -2.21. The van der Waals surface area contributed by atoms with Crippen LogP contribution in [0.2, 0.25) is 10.0 Å². The number of halogens is 2. The molecule has 0 unspecified atom stereocenters. The molecule has 5 nitrogen and oxygen atoms in total. The van der Waals surface area contributed by atoms with Gasteiger partial charge in [-0.3, -0.25) is 4.99 Å². The van der Waals surface area contributed by atoms with Crippen LogP contribution in [0.1, 0.15) is 22.6 Å². The van der Waals surface area contributed by atoms with Crippen molar-refractivity contribution in [1.29, 1.82) is 5.26 Å². The highest BCUT2D eigenvalue weighted by Crippen LogP contribution is 2.44. The van der Waals surface area contributed by atoms with Crippen LogP contribution < -0.4 is 10.5 Å². The highest BCUT2D eigenvalue weighted by molar-refractivity contribution is 6.33. The quantitative estimate of drug-likeness (QED) is 0.518. The van der Waals surface area contributed by atoms with Gasteiger partial charge in [-0.05, 0) is 35.9 Å². The second-order valence-electron chi connectivity index (χ2n) is 6.64. The zero-order valence-corrected chi connectivity index (χ0v) is 17.0. The average molecular weight is 436 g/mol. The van der Waals surface area contributed by atoms with E-state index in [1.54, 1.807) is 36.4 Å². The van der Waals surface area contributed by atoms with Crippen LogP contribution in [-0.2, 0) is 0 Å². The number of ether oxygens (including phenoxy) is 1. The Morgan fingerprint density at radius 2 is 1.90 bits per heavy atom. The minimum Gasteiger partial charge on any atom is -0.507 e. The summed E-state index contributed by atoms with van der Waals surface area (Å²) in [6.07, 6.45) is 1.51. The lowest BCUT2D eigenvalue weighted by atomic mass is 9.83. The van der Waals surface area contributed by atoms with Crippen LogP contribution in [0.15, 0.2) is 77.1 Å². The van der Waals surface area contributed by atoms with Crippen molar-refractivity contribution < 1.29 is 9.84 Å². The summed E-state index contributed by atoms with van der Waals surface area (Å²) in [6.45, 7) is 0. The summed E-state index contributed by atoms with van der Waals surface area (Å²) >= 11 is 12.3. The third kappa shape index (κ3) is 3.71. The molecule has 0 radical (unpaired) electrons. The van der Waals surface area contributed by atoms with E-state index in [0.29, 0.717) is 32.6 Å². The Labute approximate surface area is 183 Å². The van der Waals surface area contributed by atoms with Crippen LogP contribution in [0.25, 0.3) is 0 Å². The first-order valence-corrected chi connectivity index (χ1v) is 9.72. The van der Waals surface area contributed by atoms with Gasteiger partial charge in [0, 0.05) is 28.4 Å². The second-order valence-corrected chi connectivity index (χ2v) is 7.48. The molecule has 1 atom stereocenters. The molecule has 0 saturated heterocycles. The first kappa shape index (κ1) is 19.8. The van der Waals surface area contributed by atoms with Crippen molar-refractivity contribution in [2.24, 2.45) is 10.7 Å². The molecule has 7 heteroatoms. The van der Waals surface area contributed by atoms with Crippen LogP contribution in [0, 0.1) is 11.3 Å². The number of phenolic OH excluding ortho intramolecular Hbond substituents is 1. The fraction of sp³-hybridized carbons (Fsp3) is 0.0435. The van der Waals surface area contributed by atoms with Crippen LogP contribution in [0.4, 0.5) is 5.69 Å². The molecule has 0 aliphatic carbocycles. The number of para-hydroxylation sites is 1. The van der Waals surface area contributed by atoms with E-state index < -0.39 is 5.92 Å². The van der Waals surface area contributed by atoms with Gasteiger partial charge >= 0.3 is 0 Å². The summed E-state index contributed by atoms with van der Waals surface area (Å²) in [7, 11) is 0. The zero-order chi connectivity index (χ0) is 21.3. The van der Waals surface area contributed by atoms with E-state index in [4.69, 9.17) is 33.7 Å². The maximum absolute atomic E-state index is 10.5. The maximum atomic E-state index is 10.5. The van der Waals surface area contributed by atoms with Crippen molar-refractivity contribution >= 4 is 35.1 Å². The summed E-state index contributed by atoms with van der Waals surface area (Å²) in [4.78, 5) is 4.37. The molecule has 0 aromatic heterocycles. The molecule has 1 heterocycles. The number of nitrogens with zero attached hydrogens (tertiary/aromatic N) is 2. The van der Waals surface area contributed by atoms with E-state index in [1.807, 2.05) is 18.2 Å². The Balaban J connectivity index is 1.84. The summed E-state index contributed by atoms with van der Waals surface area (Å²) in [5.41, 5.74) is 8.72. The van der Waals surface area contributed by atoms with E-state index in [0.717, 1.165) is 5.56 Å². The van der Waals surface area contributed by atoms with Crippen molar-refractivity contribution in [1.82, 2.24) is 0 Å². The minimum absolute atomic E-state index is 0.00754. The predicted octanol–water partition coefficient (Wildman–Crippen LogP) is 5.67. The van der Waals surface area contributed by atoms with E-state index in [9.17, 15) is 10.4 Å². The Morgan fingerprint density at radius 3 is 2.63 bits per heavy atom. The summed E-state index contributed by atoms with van der Waals surface area (Å²) < 4.78 is 5.61. The zero-order valence-electron chi connectivity index (χ0n) is 15.5. The fourth-order valence-corrected chi connectivity index (χ4v) is 3.72. The van der Waals surface area contributed by atoms with Gasteiger partial charge in [0.1, 0.15) is 23.1 Å². The summed E-state index contributed by atoms with van der Waals surface area (Å²) in [5.74, 6) is -0.177. The largest absolute Gasteiger partial charge is 0.507 e. The number of fused-ring (bicyclic) bond motifs is 1. The molecule has 3 aromatic carbocycles. The van der Waals surface area contributed by atoms with Crippen LogP contribution in [-0.4, -0.2) is 11.3 Å². The van der Waals surface area contributed by atoms with Crippen molar-refractivity contribution in [3.8, 4) is 17.6 Å². The molecule has 30 heavy (non-hydrogen) atoms. The van der Waals surface area contributed by atoms with Crippen LogP contribution in [0.5, 0.6) is 11.5 Å². The third-order valence-corrected chi connectivity index (χ3v) is 5.30. The Kier molecular flexibility index (Phi) is 5.37. The standard InChI is InChI=1S/C23H15Cl2N3O2/c24-15-5-3-4-13(8-15)22-16-9-14(12-28-19-7-2-1-6-18(19)25)20(29)10-21(16)30-23(27)17(22)11-26/h1-10,12,22,29H,27H2/t22-/m1/s1. The van der Waals surface area contributed by atoms with Crippen molar-refractivity contribution in [3.63, 3.8) is 0 Å². The maximum Gasteiger partial charge on any atom is 0.205 e. The Bertz CT molecular complexity index is 1250. The summed E-state index contributed by atoms with van der Waals surface area (Å²) in [6, 6.07) is 19.6. The van der Waals surface area contributed by atoms with Gasteiger partial charge in [0.15, 0.2) is 0 Å². The SMILES string of the molecule is N#CC1=C(N)Oc2cc(O)c(C=Nc3ccccc3Cl)cc2[C@H]1c1cccc(Cl)c1. The summed E-state index contributed by atoms with van der Waals surface area (Å²) in [5, 5.41) is 21.2. The van der Waals surface area contributed by atoms with Gasteiger partial charge < -0.3 is 15.6 Å². The number of rotatable bonds is 3. The molecule has 0 bridgehead atoms. The minimum atomic E-state index is -0.495. The number of hydrogen-bond donors (Lipinski definition) is 2. The number of phenols is 1. The Morgan fingerprint density at radius 1 is 1.10 bits per heavy atom. The van der Waals surface area contributed by atoms with Crippen molar-refractivity contribution in [2.45, 2.75) is 5.92 Å². The number of nitriles is 1. The molecule has 1 aliphatic heterocycles. The predicted molar refractivity (Wildman–Crippen MR) is 118 cm³/mol. The number of hydrogen-bond acceptors (Lipinski definition) is 5. The number of aliphatic imine (C=N–C) groups is 1. The second kappa shape index (κ2) is 8.11. The van der Waals surface area contributed by atoms with E-state index in [1.165, 1.54) is 12.3 Å². The van der Waals surface area contributed by atoms with Gasteiger partial charge in [-0.25, -0.2) is 0 Å². The number of allylic oxidation sites excluding steroid dienone is 1. The van der Waals surface area contributed by atoms with E-state index in [-0.39, 0.29) is 17.2 Å². The van der Waals surface area contributed by atoms with Crippen molar-refractivity contribution in [2.75, 3.05) is 0 Å². The molecule has 1 aliphatic rings. The van der Waals surface area contributed by atoms with Crippen LogP contribution >= 0.6 is 23.2 Å². The Hall–Kier alpha value is -3.46. The van der Waals surface area contributed by atoms with E-state index in [2.05, 4.69) is 11.1 Å². The average Bonchev–Trinajstić information content (AvgIpc) is 2.72. The normalized spacial score (nSPS) is 15.6. The molecule has 3 aromatic rings. The fourth-order valence-electron chi connectivity index (χ4n) is 3.34. The topological polar surface area (TPSA) is 91.6 Å². The van der Waals surface area contributed by atoms with Gasteiger partial charge in [-0.15, -0.1) is 0 Å². The number of nitrogens with two attached hydrogens (primary N) is 1. The third-order valence-electron chi connectivity index (χ3n) is 4.74. The van der Waals surface area contributed by atoms with Crippen LogP contribution in [0.3, 0.4) is 0 Å². The van der Waals surface area contributed by atoms with Gasteiger partial charge in [0.25, 0.3) is 0 Å². The lowest BCUT2D eigenvalue weighted by molar-refractivity contribution is 0.388. The molecule has 0 fully saturated rings. The number of aromatic hydroxyl groups is 1. The van der Waals surface area contributed by atoms with Gasteiger partial charge in [-0.1, -0.05) is 47.5 Å². The molecular weight excluding hydrogens is 421 g/mol. The smallest absolute Gasteiger partial charge is 0.205 e. The van der Waals surface area contributed by atoms with Gasteiger partial charge in [0.2, 0.25) is 5.88 Å². The molecule has 4 rings (SSSR count). The first-order valence-electron chi connectivity index (χ1n) is 8.96. The highest BCUT2D eigenvalue weighted by atomic mass is 35.5. The van der Waals surface area contributed by atoms with Crippen molar-refractivity contribution in [3.05, 3.63) is 98.9 Å².